The number of nitrogens with one attached hydrogen (secondary N) is 2. The van der Waals surface area contributed by atoms with Gasteiger partial charge in [0.05, 0.1) is 11.8 Å². The van der Waals surface area contributed by atoms with Crippen LogP contribution in [0.3, 0.4) is 0 Å². The molecule has 0 unspecified atom stereocenters. The average molecular weight is 435 g/mol. The highest BCUT2D eigenvalue weighted by Crippen LogP contribution is 2.20. The van der Waals surface area contributed by atoms with Gasteiger partial charge in [-0.15, -0.1) is 0 Å². The van der Waals surface area contributed by atoms with Crippen molar-refractivity contribution >= 4 is 21.7 Å². The van der Waals surface area contributed by atoms with Crippen molar-refractivity contribution in [3.05, 3.63) is 36.3 Å². The molecule has 1 aliphatic rings. The van der Waals surface area contributed by atoms with Gasteiger partial charge in [-0.1, -0.05) is 13.8 Å². The molecule has 0 aromatic carbocycles. The van der Waals surface area contributed by atoms with Crippen LogP contribution in [0.2, 0.25) is 0 Å². The molecular weight excluding hydrogens is 404 g/mol. The molecule has 10 heteroatoms. The summed E-state index contributed by atoms with van der Waals surface area (Å²) in [7, 11) is -1.78. The van der Waals surface area contributed by atoms with Gasteiger partial charge in [-0.3, -0.25) is 9.48 Å². The van der Waals surface area contributed by atoms with Gasteiger partial charge in [-0.25, -0.2) is 18.1 Å². The fourth-order valence-electron chi connectivity index (χ4n) is 3.52. The second kappa shape index (κ2) is 9.57. The number of hydrogen-bond donors (Lipinski definition) is 2. The number of nitrogens with zero attached hydrogens (tertiary/aromatic N) is 4. The van der Waals surface area contributed by atoms with Crippen molar-refractivity contribution < 1.29 is 13.2 Å². The predicted molar refractivity (Wildman–Crippen MR) is 115 cm³/mol. The van der Waals surface area contributed by atoms with Crippen LogP contribution in [0.4, 0.5) is 5.82 Å². The zero-order valence-electron chi connectivity index (χ0n) is 17.7. The second-order valence-electron chi connectivity index (χ2n) is 7.62. The van der Waals surface area contributed by atoms with Crippen molar-refractivity contribution in [3.63, 3.8) is 0 Å². The third-order valence-electron chi connectivity index (χ3n) is 5.46. The number of pyridine rings is 1. The lowest BCUT2D eigenvalue weighted by Gasteiger charge is -2.33. The predicted octanol–water partition coefficient (Wildman–Crippen LogP) is 1.68. The van der Waals surface area contributed by atoms with Crippen LogP contribution in [0.15, 0.2) is 35.6 Å². The van der Waals surface area contributed by atoms with Crippen LogP contribution < -0.4 is 14.9 Å². The Morgan fingerprint density at radius 3 is 2.43 bits per heavy atom. The molecule has 2 aromatic rings. The second-order valence-corrected chi connectivity index (χ2v) is 9.34. The summed E-state index contributed by atoms with van der Waals surface area (Å²) >= 11 is 0. The minimum absolute atomic E-state index is 0.0735. The molecule has 2 aromatic heterocycles. The normalized spacial score (nSPS) is 15.5. The van der Waals surface area contributed by atoms with Crippen LogP contribution in [-0.4, -0.2) is 54.3 Å². The number of piperidine rings is 1. The molecule has 3 rings (SSSR count). The average Bonchev–Trinajstić information content (AvgIpc) is 3.19. The Hall–Kier alpha value is -2.46. The number of hydrogen-bond acceptors (Lipinski definition) is 6. The summed E-state index contributed by atoms with van der Waals surface area (Å²) in [6.45, 7) is 5.40. The standard InChI is InChI=1S/C20H30N6O3S/c1-4-16(5-2)24-30(28,29)18-6-7-19(21-13-18)26-10-8-17(9-11-26)23-20(27)15-12-22-25(3)14-15/h6-7,12-14,16-17,24H,4-5,8-11H2,1-3H3,(H,23,27). The lowest BCUT2D eigenvalue weighted by atomic mass is 10.0. The molecule has 0 aliphatic carbocycles. The van der Waals surface area contributed by atoms with E-state index in [1.807, 2.05) is 13.8 Å². The molecule has 30 heavy (non-hydrogen) atoms. The molecule has 3 heterocycles. The van der Waals surface area contributed by atoms with Crippen molar-refractivity contribution in [1.29, 1.82) is 0 Å². The first-order valence-corrected chi connectivity index (χ1v) is 11.8. The van der Waals surface area contributed by atoms with Gasteiger partial charge in [0, 0.05) is 44.6 Å². The van der Waals surface area contributed by atoms with Gasteiger partial charge in [0.2, 0.25) is 10.0 Å². The summed E-state index contributed by atoms with van der Waals surface area (Å²) in [5.74, 6) is 0.632. The molecule has 0 bridgehead atoms. The van der Waals surface area contributed by atoms with E-state index >= 15 is 0 Å². The SMILES string of the molecule is CCC(CC)NS(=O)(=O)c1ccc(N2CCC(NC(=O)c3cnn(C)c3)CC2)nc1. The van der Waals surface area contributed by atoms with E-state index in [1.54, 1.807) is 36.3 Å². The molecule has 0 atom stereocenters. The van der Waals surface area contributed by atoms with E-state index in [1.165, 1.54) is 6.20 Å². The number of anilines is 1. The minimum atomic E-state index is -3.56. The van der Waals surface area contributed by atoms with Crippen molar-refractivity contribution in [2.45, 2.75) is 56.5 Å². The van der Waals surface area contributed by atoms with Crippen LogP contribution in [-0.2, 0) is 17.1 Å². The zero-order chi connectivity index (χ0) is 21.7. The quantitative estimate of drug-likeness (QED) is 0.654. The van der Waals surface area contributed by atoms with Gasteiger partial charge in [-0.2, -0.15) is 5.10 Å². The first-order valence-electron chi connectivity index (χ1n) is 10.3. The summed E-state index contributed by atoms with van der Waals surface area (Å²) in [5, 5.41) is 7.08. The fourth-order valence-corrected chi connectivity index (χ4v) is 4.87. The monoisotopic (exact) mass is 434 g/mol. The van der Waals surface area contributed by atoms with Crippen LogP contribution >= 0.6 is 0 Å². The Morgan fingerprint density at radius 1 is 1.20 bits per heavy atom. The van der Waals surface area contributed by atoms with E-state index in [2.05, 4.69) is 25.0 Å². The van der Waals surface area contributed by atoms with E-state index < -0.39 is 10.0 Å². The largest absolute Gasteiger partial charge is 0.356 e. The van der Waals surface area contributed by atoms with E-state index in [4.69, 9.17) is 0 Å². The summed E-state index contributed by atoms with van der Waals surface area (Å²) in [6.07, 6.45) is 7.75. The number of carbonyl (C=O) groups excluding carboxylic acids is 1. The number of aromatic nitrogens is 3. The van der Waals surface area contributed by atoms with Gasteiger partial charge in [0.25, 0.3) is 5.91 Å². The van der Waals surface area contributed by atoms with Gasteiger partial charge in [-0.05, 0) is 37.8 Å². The molecule has 0 saturated carbocycles. The lowest BCUT2D eigenvalue weighted by Crippen LogP contribution is -2.45. The number of sulfonamides is 1. The van der Waals surface area contributed by atoms with Crippen LogP contribution in [0, 0.1) is 0 Å². The summed E-state index contributed by atoms with van der Waals surface area (Å²) < 4.78 is 29.3. The highest BCUT2D eigenvalue weighted by Gasteiger charge is 2.23. The molecule has 164 valence electrons. The Balaban J connectivity index is 1.55. The number of carbonyl (C=O) groups is 1. The number of aryl methyl sites for hydroxylation is 1. The third-order valence-corrected chi connectivity index (χ3v) is 6.97. The Morgan fingerprint density at radius 2 is 1.90 bits per heavy atom. The Labute approximate surface area is 177 Å². The highest BCUT2D eigenvalue weighted by atomic mass is 32.2. The third kappa shape index (κ3) is 5.37. The van der Waals surface area contributed by atoms with Crippen LogP contribution in [0.25, 0.3) is 0 Å². The van der Waals surface area contributed by atoms with Gasteiger partial charge >= 0.3 is 0 Å². The molecule has 9 nitrogen and oxygen atoms in total. The van der Waals surface area contributed by atoms with Gasteiger partial charge in [0.15, 0.2) is 0 Å². The van der Waals surface area contributed by atoms with Crippen molar-refractivity contribution in [1.82, 2.24) is 24.8 Å². The van der Waals surface area contributed by atoms with Gasteiger partial charge in [0.1, 0.15) is 10.7 Å². The minimum Gasteiger partial charge on any atom is -0.356 e. The maximum atomic E-state index is 12.5. The summed E-state index contributed by atoms with van der Waals surface area (Å²) in [4.78, 5) is 18.9. The van der Waals surface area contributed by atoms with E-state index in [0.717, 1.165) is 44.6 Å². The molecule has 0 spiro atoms. The van der Waals surface area contributed by atoms with Crippen LogP contribution in [0.1, 0.15) is 49.9 Å². The first kappa shape index (κ1) is 22.2. The summed E-state index contributed by atoms with van der Waals surface area (Å²) in [6, 6.07) is 3.37. The van der Waals surface area contributed by atoms with Gasteiger partial charge < -0.3 is 10.2 Å². The fraction of sp³-hybridized carbons (Fsp3) is 0.550. The molecule has 2 N–H and O–H groups in total. The summed E-state index contributed by atoms with van der Waals surface area (Å²) in [5.41, 5.74) is 0.556. The molecule has 1 aliphatic heterocycles. The Kier molecular flexibility index (Phi) is 7.09. The van der Waals surface area contributed by atoms with Crippen molar-refractivity contribution in [2.75, 3.05) is 18.0 Å². The number of amides is 1. The molecule has 0 radical (unpaired) electrons. The maximum Gasteiger partial charge on any atom is 0.254 e. The molecule has 1 saturated heterocycles. The van der Waals surface area contributed by atoms with Crippen molar-refractivity contribution in [2.24, 2.45) is 7.05 Å². The highest BCUT2D eigenvalue weighted by molar-refractivity contribution is 7.89. The van der Waals surface area contributed by atoms with E-state index in [-0.39, 0.29) is 22.9 Å². The van der Waals surface area contributed by atoms with E-state index in [9.17, 15) is 13.2 Å². The first-order chi connectivity index (χ1) is 14.3. The molecular formula is C20H30N6O3S. The van der Waals surface area contributed by atoms with Crippen LogP contribution in [0.5, 0.6) is 0 Å². The molecule has 1 fully saturated rings. The lowest BCUT2D eigenvalue weighted by molar-refractivity contribution is 0.0931. The topological polar surface area (TPSA) is 109 Å². The van der Waals surface area contributed by atoms with E-state index in [0.29, 0.717) is 5.56 Å². The zero-order valence-corrected chi connectivity index (χ0v) is 18.5. The maximum absolute atomic E-state index is 12.5. The smallest absolute Gasteiger partial charge is 0.254 e. The Bertz CT molecular complexity index is 945. The van der Waals surface area contributed by atoms with Crippen molar-refractivity contribution in [3.8, 4) is 0 Å². The molecule has 1 amide bonds. The number of rotatable bonds is 8.